The third kappa shape index (κ3) is 5.40. The van der Waals surface area contributed by atoms with Crippen molar-refractivity contribution in [1.29, 1.82) is 0 Å². The van der Waals surface area contributed by atoms with E-state index in [9.17, 15) is 18.0 Å². The number of benzene rings is 1. The zero-order valence-electron chi connectivity index (χ0n) is 15.9. The van der Waals surface area contributed by atoms with Crippen LogP contribution in [-0.4, -0.2) is 20.8 Å². The molecule has 0 atom stereocenters. The minimum absolute atomic E-state index is 0.104. The van der Waals surface area contributed by atoms with Crippen molar-refractivity contribution in [2.75, 3.05) is 0 Å². The predicted octanol–water partition coefficient (Wildman–Crippen LogP) is 4.90. The van der Waals surface area contributed by atoms with E-state index in [-0.39, 0.29) is 12.1 Å². The van der Waals surface area contributed by atoms with Gasteiger partial charge in [-0.1, -0.05) is 37.3 Å². The topological polar surface area (TPSA) is 46.1 Å². The summed E-state index contributed by atoms with van der Waals surface area (Å²) in [5.74, 6) is -0.394. The summed E-state index contributed by atoms with van der Waals surface area (Å²) in [5.41, 5.74) is 2.02. The molecule has 2 aromatic heterocycles. The van der Waals surface area contributed by atoms with Gasteiger partial charge in [0.05, 0.1) is 5.56 Å². The van der Waals surface area contributed by atoms with Gasteiger partial charge in [-0.25, -0.2) is 0 Å². The number of alkyl halides is 3. The van der Waals surface area contributed by atoms with Crippen molar-refractivity contribution < 1.29 is 18.0 Å². The first kappa shape index (κ1) is 20.5. The maximum atomic E-state index is 13.0. The molecule has 3 aromatic rings. The molecule has 1 aromatic carbocycles. The predicted molar refractivity (Wildman–Crippen MR) is 103 cm³/mol. The van der Waals surface area contributed by atoms with E-state index in [1.807, 2.05) is 30.3 Å². The number of carbonyl (C=O) groups excluding carboxylic acids is 1. The average Bonchev–Trinajstić information content (AvgIpc) is 2.73. The van der Waals surface area contributed by atoms with Gasteiger partial charge in [-0.3, -0.25) is 14.8 Å². The van der Waals surface area contributed by atoms with E-state index in [0.717, 1.165) is 35.9 Å². The summed E-state index contributed by atoms with van der Waals surface area (Å²) in [5, 5.41) is 0. The van der Waals surface area contributed by atoms with Gasteiger partial charge in [0.2, 0.25) is 0 Å². The Kier molecular flexibility index (Phi) is 6.26. The molecule has 0 aliphatic heterocycles. The number of pyridine rings is 2. The van der Waals surface area contributed by atoms with Crippen LogP contribution >= 0.6 is 0 Å². The Morgan fingerprint density at radius 1 is 0.931 bits per heavy atom. The van der Waals surface area contributed by atoms with E-state index >= 15 is 0 Å². The number of aromatic nitrogens is 2. The second kappa shape index (κ2) is 8.86. The number of hydrogen-bond donors (Lipinski definition) is 0. The minimum Gasteiger partial charge on any atom is -0.330 e. The van der Waals surface area contributed by atoms with E-state index < -0.39 is 17.8 Å². The van der Waals surface area contributed by atoms with Crippen LogP contribution < -0.4 is 0 Å². The Hall–Kier alpha value is -3.22. The molecule has 0 aliphatic carbocycles. The summed E-state index contributed by atoms with van der Waals surface area (Å²) in [4.78, 5) is 22.1. The summed E-state index contributed by atoms with van der Waals surface area (Å²) in [6, 6.07) is 13.5. The van der Waals surface area contributed by atoms with Crippen molar-refractivity contribution in [2.45, 2.75) is 32.6 Å². The van der Waals surface area contributed by atoms with Gasteiger partial charge in [0.1, 0.15) is 5.69 Å². The second-order valence-electron chi connectivity index (χ2n) is 6.62. The highest BCUT2D eigenvalue weighted by atomic mass is 19.4. The molecule has 0 saturated carbocycles. The summed E-state index contributed by atoms with van der Waals surface area (Å²) < 4.78 is 38.3. The molecule has 0 spiro atoms. The van der Waals surface area contributed by atoms with E-state index in [1.54, 1.807) is 23.4 Å². The zero-order chi connectivity index (χ0) is 20.9. The molecule has 29 heavy (non-hydrogen) atoms. The van der Waals surface area contributed by atoms with Crippen LogP contribution in [0.25, 0.3) is 0 Å². The van der Waals surface area contributed by atoms with Crippen molar-refractivity contribution in [3.8, 4) is 0 Å². The van der Waals surface area contributed by atoms with Crippen molar-refractivity contribution >= 4 is 5.91 Å². The molecule has 0 unspecified atom stereocenters. The largest absolute Gasteiger partial charge is 0.433 e. The Balaban J connectivity index is 1.85. The SMILES string of the molecule is CCc1ccc(CN(Cc2cccnc2)C(=O)c2ccc(C(F)(F)F)nc2)cc1. The fourth-order valence-electron chi connectivity index (χ4n) is 2.88. The lowest BCUT2D eigenvalue weighted by atomic mass is 10.1. The van der Waals surface area contributed by atoms with Crippen LogP contribution in [0.4, 0.5) is 13.2 Å². The molecule has 3 rings (SSSR count). The van der Waals surface area contributed by atoms with Crippen LogP contribution in [-0.2, 0) is 25.7 Å². The Morgan fingerprint density at radius 2 is 1.62 bits per heavy atom. The smallest absolute Gasteiger partial charge is 0.330 e. The molecule has 0 saturated heterocycles. The van der Waals surface area contributed by atoms with Crippen molar-refractivity contribution in [1.82, 2.24) is 14.9 Å². The van der Waals surface area contributed by atoms with Crippen LogP contribution in [0, 0.1) is 0 Å². The number of carbonyl (C=O) groups is 1. The number of aryl methyl sites for hydroxylation is 1. The molecule has 0 bridgehead atoms. The highest BCUT2D eigenvalue weighted by molar-refractivity contribution is 5.93. The molecule has 0 N–H and O–H groups in total. The van der Waals surface area contributed by atoms with Crippen LogP contribution in [0.2, 0.25) is 0 Å². The maximum absolute atomic E-state index is 13.0. The number of rotatable bonds is 6. The third-order valence-corrected chi connectivity index (χ3v) is 4.49. The van der Waals surface area contributed by atoms with E-state index in [4.69, 9.17) is 0 Å². The number of amides is 1. The van der Waals surface area contributed by atoms with Gasteiger partial charge in [0.15, 0.2) is 0 Å². The summed E-state index contributed by atoms with van der Waals surface area (Å²) in [7, 11) is 0. The van der Waals surface area contributed by atoms with Gasteiger partial charge >= 0.3 is 6.18 Å². The van der Waals surface area contributed by atoms with Crippen LogP contribution in [0.5, 0.6) is 0 Å². The first-order chi connectivity index (χ1) is 13.9. The molecular weight excluding hydrogens is 379 g/mol. The first-order valence-electron chi connectivity index (χ1n) is 9.16. The average molecular weight is 399 g/mol. The lowest BCUT2D eigenvalue weighted by Gasteiger charge is -2.23. The maximum Gasteiger partial charge on any atom is 0.433 e. The number of halogens is 3. The first-order valence-corrected chi connectivity index (χ1v) is 9.16. The van der Waals surface area contributed by atoms with E-state index in [1.165, 1.54) is 5.56 Å². The fraction of sp³-hybridized carbons (Fsp3) is 0.227. The lowest BCUT2D eigenvalue weighted by molar-refractivity contribution is -0.141. The van der Waals surface area contributed by atoms with Gasteiger partial charge in [-0.15, -0.1) is 0 Å². The van der Waals surface area contributed by atoms with Crippen molar-refractivity contribution in [3.63, 3.8) is 0 Å². The molecular formula is C22H20F3N3O. The van der Waals surface area contributed by atoms with Gasteiger partial charge in [-0.05, 0) is 41.3 Å². The molecule has 0 fully saturated rings. The summed E-state index contributed by atoms with van der Waals surface area (Å²) in [6.45, 7) is 2.66. The third-order valence-electron chi connectivity index (χ3n) is 4.49. The fourth-order valence-corrected chi connectivity index (χ4v) is 2.88. The van der Waals surface area contributed by atoms with Gasteiger partial charge in [0.25, 0.3) is 5.91 Å². The second-order valence-corrected chi connectivity index (χ2v) is 6.62. The van der Waals surface area contributed by atoms with E-state index in [0.29, 0.717) is 6.54 Å². The summed E-state index contributed by atoms with van der Waals surface area (Å²) >= 11 is 0. The molecule has 4 nitrogen and oxygen atoms in total. The van der Waals surface area contributed by atoms with Gasteiger partial charge < -0.3 is 4.90 Å². The Morgan fingerprint density at radius 3 is 2.17 bits per heavy atom. The number of hydrogen-bond acceptors (Lipinski definition) is 3. The van der Waals surface area contributed by atoms with Crippen molar-refractivity contribution in [2.24, 2.45) is 0 Å². The molecule has 150 valence electrons. The highest BCUT2D eigenvalue weighted by Crippen LogP contribution is 2.27. The zero-order valence-corrected chi connectivity index (χ0v) is 15.9. The quantitative estimate of drug-likeness (QED) is 0.592. The Labute approximate surface area is 167 Å². The van der Waals surface area contributed by atoms with Gasteiger partial charge in [-0.2, -0.15) is 13.2 Å². The van der Waals surface area contributed by atoms with E-state index in [2.05, 4.69) is 16.9 Å². The molecule has 0 aliphatic rings. The molecule has 1 amide bonds. The van der Waals surface area contributed by atoms with Crippen LogP contribution in [0.15, 0.2) is 67.1 Å². The van der Waals surface area contributed by atoms with Crippen molar-refractivity contribution in [3.05, 3.63) is 95.1 Å². The normalized spacial score (nSPS) is 11.3. The Bertz CT molecular complexity index is 940. The molecule has 0 radical (unpaired) electrons. The van der Waals surface area contributed by atoms with Gasteiger partial charge in [0, 0.05) is 31.7 Å². The summed E-state index contributed by atoms with van der Waals surface area (Å²) in [6.07, 6.45) is 0.639. The highest BCUT2D eigenvalue weighted by Gasteiger charge is 2.32. The lowest BCUT2D eigenvalue weighted by Crippen LogP contribution is -2.30. The van der Waals surface area contributed by atoms with Crippen LogP contribution in [0.1, 0.15) is 39.7 Å². The monoisotopic (exact) mass is 399 g/mol. The number of nitrogens with zero attached hydrogens (tertiary/aromatic N) is 3. The molecule has 7 heteroatoms. The minimum atomic E-state index is -4.54. The standard InChI is InChI=1S/C22H20F3N3O/c1-2-16-5-7-17(8-6-16)14-28(15-18-4-3-11-26-12-18)21(29)19-9-10-20(27-13-19)22(23,24)25/h3-13H,2,14-15H2,1H3. The van der Waals surface area contributed by atoms with Crippen LogP contribution in [0.3, 0.4) is 0 Å². The molecule has 2 heterocycles.